The van der Waals surface area contributed by atoms with Crippen molar-refractivity contribution in [2.75, 3.05) is 13.2 Å². The lowest BCUT2D eigenvalue weighted by Crippen LogP contribution is -2.34. The molecular formula is C14H20N2O2. The van der Waals surface area contributed by atoms with Crippen LogP contribution in [0.15, 0.2) is 24.3 Å². The summed E-state index contributed by atoms with van der Waals surface area (Å²) >= 11 is 0. The first-order valence-electron chi connectivity index (χ1n) is 6.42. The van der Waals surface area contributed by atoms with Gasteiger partial charge in [0.05, 0.1) is 6.61 Å². The van der Waals surface area contributed by atoms with Crippen LogP contribution in [0.3, 0.4) is 0 Å². The summed E-state index contributed by atoms with van der Waals surface area (Å²) in [7, 11) is 0. The van der Waals surface area contributed by atoms with Gasteiger partial charge in [0.2, 0.25) is 5.91 Å². The van der Waals surface area contributed by atoms with Crippen LogP contribution in [0.25, 0.3) is 0 Å². The average Bonchev–Trinajstić information content (AvgIpc) is 2.36. The predicted octanol–water partition coefficient (Wildman–Crippen LogP) is 1.61. The van der Waals surface area contributed by atoms with Crippen LogP contribution in [-0.4, -0.2) is 19.1 Å². The number of primary amides is 1. The minimum Gasteiger partial charge on any atom is -0.493 e. The van der Waals surface area contributed by atoms with Crippen LogP contribution < -0.4 is 15.8 Å². The van der Waals surface area contributed by atoms with Crippen molar-refractivity contribution in [2.24, 2.45) is 11.7 Å². The van der Waals surface area contributed by atoms with Crippen LogP contribution in [0.4, 0.5) is 0 Å². The Morgan fingerprint density at radius 1 is 1.50 bits per heavy atom. The van der Waals surface area contributed by atoms with Crippen molar-refractivity contribution >= 4 is 5.91 Å². The number of amides is 1. The fraction of sp³-hybridized carbons (Fsp3) is 0.500. The number of hydrogen-bond acceptors (Lipinski definition) is 3. The molecule has 2 unspecified atom stereocenters. The molecule has 1 heterocycles. The van der Waals surface area contributed by atoms with Gasteiger partial charge in [-0.25, -0.2) is 0 Å². The molecule has 3 N–H and O–H groups in total. The van der Waals surface area contributed by atoms with Crippen molar-refractivity contribution < 1.29 is 9.53 Å². The Balaban J connectivity index is 1.96. The Bertz CT molecular complexity index is 420. The van der Waals surface area contributed by atoms with Crippen molar-refractivity contribution in [3.8, 4) is 5.75 Å². The number of nitrogens with two attached hydrogens (primary N) is 1. The molecule has 0 bridgehead atoms. The molecular weight excluding hydrogens is 228 g/mol. The van der Waals surface area contributed by atoms with E-state index in [1.54, 1.807) is 0 Å². The summed E-state index contributed by atoms with van der Waals surface area (Å²) in [6, 6.07) is 8.40. The smallest absolute Gasteiger partial charge is 0.217 e. The first-order valence-corrected chi connectivity index (χ1v) is 6.42. The van der Waals surface area contributed by atoms with Gasteiger partial charge in [0.15, 0.2) is 0 Å². The zero-order valence-corrected chi connectivity index (χ0v) is 10.7. The number of carbonyl (C=O) groups is 1. The highest BCUT2D eigenvalue weighted by molar-refractivity contribution is 5.73. The molecule has 1 aromatic rings. The SMILES string of the molecule is CC1COc2ccccc2C1NCCCC(N)=O. The quantitative estimate of drug-likeness (QED) is 0.778. The third-order valence-corrected chi connectivity index (χ3v) is 3.29. The molecule has 1 aliphatic rings. The second-order valence-corrected chi connectivity index (χ2v) is 4.83. The van der Waals surface area contributed by atoms with Gasteiger partial charge >= 0.3 is 0 Å². The largest absolute Gasteiger partial charge is 0.493 e. The summed E-state index contributed by atoms with van der Waals surface area (Å²) < 4.78 is 5.70. The normalized spacial score (nSPS) is 22.1. The van der Waals surface area contributed by atoms with Gasteiger partial charge in [-0.05, 0) is 19.0 Å². The van der Waals surface area contributed by atoms with Crippen molar-refractivity contribution in [1.82, 2.24) is 5.32 Å². The van der Waals surface area contributed by atoms with Gasteiger partial charge in [-0.3, -0.25) is 4.79 Å². The first-order chi connectivity index (χ1) is 8.68. The highest BCUT2D eigenvalue weighted by Crippen LogP contribution is 2.34. The lowest BCUT2D eigenvalue weighted by Gasteiger charge is -2.32. The summed E-state index contributed by atoms with van der Waals surface area (Å²) in [5, 5.41) is 3.50. The summed E-state index contributed by atoms with van der Waals surface area (Å²) in [6.45, 7) is 3.69. The van der Waals surface area contributed by atoms with Crippen LogP contribution in [0, 0.1) is 5.92 Å². The minimum atomic E-state index is -0.239. The number of carbonyl (C=O) groups excluding carboxylic acids is 1. The fourth-order valence-electron chi connectivity index (χ4n) is 2.32. The van der Waals surface area contributed by atoms with Crippen LogP contribution in [0.1, 0.15) is 31.4 Å². The molecule has 0 saturated heterocycles. The minimum absolute atomic E-state index is 0.239. The Morgan fingerprint density at radius 3 is 3.06 bits per heavy atom. The molecule has 0 aliphatic carbocycles. The number of benzene rings is 1. The van der Waals surface area contributed by atoms with Crippen LogP contribution in [0.2, 0.25) is 0 Å². The maximum Gasteiger partial charge on any atom is 0.217 e. The van der Waals surface area contributed by atoms with Crippen molar-refractivity contribution in [2.45, 2.75) is 25.8 Å². The molecule has 1 amide bonds. The lowest BCUT2D eigenvalue weighted by molar-refractivity contribution is -0.118. The Hall–Kier alpha value is -1.55. The molecule has 98 valence electrons. The monoisotopic (exact) mass is 248 g/mol. The standard InChI is InChI=1S/C14H20N2O2/c1-10-9-18-12-6-3-2-5-11(12)14(10)16-8-4-7-13(15)17/h2-3,5-6,10,14,16H,4,7-9H2,1H3,(H2,15,17). The van der Waals surface area contributed by atoms with Gasteiger partial charge in [-0.2, -0.15) is 0 Å². The van der Waals surface area contributed by atoms with Gasteiger partial charge < -0.3 is 15.8 Å². The molecule has 18 heavy (non-hydrogen) atoms. The van der Waals surface area contributed by atoms with Crippen LogP contribution in [0.5, 0.6) is 5.75 Å². The molecule has 0 saturated carbocycles. The van der Waals surface area contributed by atoms with Crippen molar-refractivity contribution in [1.29, 1.82) is 0 Å². The van der Waals surface area contributed by atoms with Gasteiger partial charge in [-0.15, -0.1) is 0 Å². The third kappa shape index (κ3) is 3.01. The van der Waals surface area contributed by atoms with Crippen LogP contribution in [-0.2, 0) is 4.79 Å². The van der Waals surface area contributed by atoms with Gasteiger partial charge in [0.1, 0.15) is 5.75 Å². The second kappa shape index (κ2) is 5.87. The molecule has 0 spiro atoms. The van der Waals surface area contributed by atoms with E-state index in [1.807, 2.05) is 18.2 Å². The van der Waals surface area contributed by atoms with Gasteiger partial charge in [0, 0.05) is 23.9 Å². The Morgan fingerprint density at radius 2 is 2.28 bits per heavy atom. The summed E-state index contributed by atoms with van der Waals surface area (Å²) in [5.74, 6) is 1.15. The van der Waals surface area contributed by atoms with E-state index in [1.165, 1.54) is 5.56 Å². The van der Waals surface area contributed by atoms with E-state index in [-0.39, 0.29) is 5.91 Å². The molecule has 2 rings (SSSR count). The van der Waals surface area contributed by atoms with E-state index < -0.39 is 0 Å². The van der Waals surface area contributed by atoms with E-state index >= 15 is 0 Å². The molecule has 4 nitrogen and oxygen atoms in total. The fourth-order valence-corrected chi connectivity index (χ4v) is 2.32. The second-order valence-electron chi connectivity index (χ2n) is 4.83. The summed E-state index contributed by atoms with van der Waals surface area (Å²) in [4.78, 5) is 10.7. The first kappa shape index (κ1) is 12.9. The number of para-hydroxylation sites is 1. The zero-order valence-electron chi connectivity index (χ0n) is 10.7. The maximum absolute atomic E-state index is 10.7. The topological polar surface area (TPSA) is 64.3 Å². The van der Waals surface area contributed by atoms with Gasteiger partial charge in [-0.1, -0.05) is 25.1 Å². The average molecular weight is 248 g/mol. The van der Waals surface area contributed by atoms with E-state index in [9.17, 15) is 4.79 Å². The maximum atomic E-state index is 10.7. The lowest BCUT2D eigenvalue weighted by atomic mass is 9.92. The molecule has 0 aromatic heterocycles. The molecule has 0 fully saturated rings. The van der Waals surface area contributed by atoms with Crippen molar-refractivity contribution in [3.63, 3.8) is 0 Å². The summed E-state index contributed by atoms with van der Waals surface area (Å²) in [6.07, 6.45) is 1.22. The molecule has 1 aromatic carbocycles. The number of nitrogens with one attached hydrogen (secondary N) is 1. The van der Waals surface area contributed by atoms with E-state index in [2.05, 4.69) is 18.3 Å². The highest BCUT2D eigenvalue weighted by Gasteiger charge is 2.26. The number of ether oxygens (including phenoxy) is 1. The zero-order chi connectivity index (χ0) is 13.0. The van der Waals surface area contributed by atoms with E-state index in [0.29, 0.717) is 18.4 Å². The van der Waals surface area contributed by atoms with Crippen LogP contribution >= 0.6 is 0 Å². The molecule has 1 aliphatic heterocycles. The highest BCUT2D eigenvalue weighted by atomic mass is 16.5. The van der Waals surface area contributed by atoms with E-state index in [0.717, 1.165) is 25.3 Å². The molecule has 2 atom stereocenters. The van der Waals surface area contributed by atoms with Gasteiger partial charge in [0.25, 0.3) is 0 Å². The molecule has 4 heteroatoms. The van der Waals surface area contributed by atoms with Crippen molar-refractivity contribution in [3.05, 3.63) is 29.8 Å². The third-order valence-electron chi connectivity index (χ3n) is 3.29. The number of hydrogen-bond donors (Lipinski definition) is 2. The molecule has 0 radical (unpaired) electrons. The number of fused-ring (bicyclic) bond motifs is 1. The predicted molar refractivity (Wildman–Crippen MR) is 70.3 cm³/mol. The Kier molecular flexibility index (Phi) is 4.20. The number of rotatable bonds is 5. The Labute approximate surface area is 108 Å². The van der Waals surface area contributed by atoms with E-state index in [4.69, 9.17) is 10.5 Å². The summed E-state index contributed by atoms with van der Waals surface area (Å²) in [5.41, 5.74) is 6.33.